The van der Waals surface area contributed by atoms with E-state index in [4.69, 9.17) is 4.74 Å². The summed E-state index contributed by atoms with van der Waals surface area (Å²) in [6.07, 6.45) is 3.14. The molecular weight excluding hydrogens is 236 g/mol. The Balaban J connectivity index is 1.79. The standard InChI is InChI=1S/C12H16N2O2S/c1-3-16-12(15)11-7-4-6-8(5-17-2)9(6)10(7)13-14-11/h6,8-9H,3-5H2,1-2H3,(H,13,14)/t6-,8?,9-/m0/s1. The molecule has 92 valence electrons. The van der Waals surface area contributed by atoms with E-state index >= 15 is 0 Å². The average Bonchev–Trinajstić information content (AvgIpc) is 2.70. The minimum absolute atomic E-state index is 0.285. The highest BCUT2D eigenvalue weighted by molar-refractivity contribution is 7.98. The van der Waals surface area contributed by atoms with Gasteiger partial charge in [0.15, 0.2) is 5.69 Å². The molecule has 1 aromatic rings. The Morgan fingerprint density at radius 1 is 1.65 bits per heavy atom. The van der Waals surface area contributed by atoms with Crippen LogP contribution >= 0.6 is 11.8 Å². The number of nitrogens with one attached hydrogen (secondary N) is 1. The predicted molar refractivity (Wildman–Crippen MR) is 66.4 cm³/mol. The highest BCUT2D eigenvalue weighted by atomic mass is 32.2. The number of hydrogen-bond acceptors (Lipinski definition) is 4. The third kappa shape index (κ3) is 1.59. The van der Waals surface area contributed by atoms with Gasteiger partial charge in [-0.15, -0.1) is 0 Å². The van der Waals surface area contributed by atoms with Gasteiger partial charge >= 0.3 is 5.97 Å². The molecule has 2 aliphatic carbocycles. The maximum absolute atomic E-state index is 11.7. The molecule has 0 radical (unpaired) electrons. The second-order valence-corrected chi connectivity index (χ2v) is 5.61. The molecule has 1 heterocycles. The van der Waals surface area contributed by atoms with Crippen LogP contribution in [-0.2, 0) is 11.2 Å². The molecule has 0 spiro atoms. The van der Waals surface area contributed by atoms with Crippen molar-refractivity contribution in [3.63, 3.8) is 0 Å². The Labute approximate surface area is 104 Å². The molecule has 3 rings (SSSR count). The fourth-order valence-electron chi connectivity index (χ4n) is 3.04. The molecule has 1 N–H and O–H groups in total. The molecule has 0 bridgehead atoms. The van der Waals surface area contributed by atoms with E-state index < -0.39 is 0 Å². The van der Waals surface area contributed by atoms with Gasteiger partial charge in [-0.1, -0.05) is 0 Å². The van der Waals surface area contributed by atoms with Gasteiger partial charge in [0, 0.05) is 17.2 Å². The van der Waals surface area contributed by atoms with Crippen LogP contribution < -0.4 is 0 Å². The second kappa shape index (κ2) is 4.05. The lowest BCUT2D eigenvalue weighted by Crippen LogP contribution is -2.08. The lowest BCUT2D eigenvalue weighted by atomic mass is 10.1. The number of fused-ring (bicyclic) bond motifs is 3. The van der Waals surface area contributed by atoms with Crippen LogP contribution in [0.3, 0.4) is 0 Å². The van der Waals surface area contributed by atoms with E-state index in [0.29, 0.717) is 18.2 Å². The van der Waals surface area contributed by atoms with Crippen LogP contribution in [0.2, 0.25) is 0 Å². The summed E-state index contributed by atoms with van der Waals surface area (Å²) in [6, 6.07) is 0. The van der Waals surface area contributed by atoms with Crippen molar-refractivity contribution in [3.8, 4) is 0 Å². The Hall–Kier alpha value is -0.970. The summed E-state index contributed by atoms with van der Waals surface area (Å²) in [5, 5.41) is 7.17. The molecule has 3 atom stereocenters. The zero-order valence-electron chi connectivity index (χ0n) is 10.0. The van der Waals surface area contributed by atoms with Gasteiger partial charge in [-0.3, -0.25) is 5.10 Å². The molecule has 1 aromatic heterocycles. The third-order valence-electron chi connectivity index (χ3n) is 3.83. The molecule has 4 nitrogen and oxygen atoms in total. The Bertz CT molecular complexity index is 457. The average molecular weight is 252 g/mol. The number of aromatic nitrogens is 2. The van der Waals surface area contributed by atoms with Crippen LogP contribution in [0, 0.1) is 11.8 Å². The number of esters is 1. The van der Waals surface area contributed by atoms with Crippen LogP contribution in [0.15, 0.2) is 0 Å². The molecule has 5 heteroatoms. The lowest BCUT2D eigenvalue weighted by Gasteiger charge is -2.03. The number of nitrogens with zero attached hydrogens (tertiary/aromatic N) is 1. The number of hydrogen-bond donors (Lipinski definition) is 1. The SMILES string of the molecule is CCOC(=O)c1n[nH]c2c1C[C@H]1C(CSC)[C@@H]21. The Kier molecular flexibility index (Phi) is 2.65. The highest BCUT2D eigenvalue weighted by Gasteiger charge is 2.57. The van der Waals surface area contributed by atoms with Crippen LogP contribution in [0.5, 0.6) is 0 Å². The number of carbonyl (C=O) groups excluding carboxylic acids is 1. The molecule has 1 fully saturated rings. The smallest absolute Gasteiger partial charge is 0.359 e. The molecule has 17 heavy (non-hydrogen) atoms. The van der Waals surface area contributed by atoms with E-state index in [2.05, 4.69) is 16.5 Å². The number of aromatic amines is 1. The minimum Gasteiger partial charge on any atom is -0.461 e. The van der Waals surface area contributed by atoms with Gasteiger partial charge in [-0.25, -0.2) is 4.79 Å². The zero-order valence-corrected chi connectivity index (χ0v) is 10.8. The first-order valence-corrected chi connectivity index (χ1v) is 7.40. The first kappa shape index (κ1) is 11.1. The molecule has 2 aliphatic rings. The molecule has 1 unspecified atom stereocenters. The summed E-state index contributed by atoms with van der Waals surface area (Å²) >= 11 is 1.90. The van der Waals surface area contributed by atoms with Crippen molar-refractivity contribution in [1.82, 2.24) is 10.2 Å². The van der Waals surface area contributed by atoms with E-state index in [-0.39, 0.29) is 5.97 Å². The summed E-state index contributed by atoms with van der Waals surface area (Å²) in [5.74, 6) is 3.07. The van der Waals surface area contributed by atoms with Gasteiger partial charge in [0.05, 0.1) is 6.61 Å². The molecule has 0 saturated heterocycles. The summed E-state index contributed by atoms with van der Waals surface area (Å²) < 4.78 is 5.01. The van der Waals surface area contributed by atoms with Crippen molar-refractivity contribution in [2.24, 2.45) is 11.8 Å². The van der Waals surface area contributed by atoms with E-state index in [0.717, 1.165) is 23.8 Å². The monoisotopic (exact) mass is 252 g/mol. The maximum Gasteiger partial charge on any atom is 0.359 e. The van der Waals surface area contributed by atoms with Gasteiger partial charge in [0.1, 0.15) is 0 Å². The van der Waals surface area contributed by atoms with E-state index in [1.165, 1.54) is 11.4 Å². The minimum atomic E-state index is -0.285. The van der Waals surface area contributed by atoms with Gasteiger partial charge < -0.3 is 4.74 Å². The number of ether oxygens (including phenoxy) is 1. The van der Waals surface area contributed by atoms with Crippen LogP contribution in [-0.4, -0.2) is 34.8 Å². The number of thioether (sulfide) groups is 1. The van der Waals surface area contributed by atoms with E-state index in [1.54, 1.807) is 0 Å². The van der Waals surface area contributed by atoms with Crippen molar-refractivity contribution in [2.75, 3.05) is 18.6 Å². The van der Waals surface area contributed by atoms with Gasteiger partial charge in [0.2, 0.25) is 0 Å². The maximum atomic E-state index is 11.7. The lowest BCUT2D eigenvalue weighted by molar-refractivity contribution is 0.0518. The predicted octanol–water partition coefficient (Wildman–Crippen LogP) is 1.84. The van der Waals surface area contributed by atoms with Crippen LogP contribution in [0.1, 0.15) is 34.6 Å². The van der Waals surface area contributed by atoms with Crippen LogP contribution in [0.4, 0.5) is 0 Å². The van der Waals surface area contributed by atoms with Gasteiger partial charge in [-0.2, -0.15) is 16.9 Å². The Morgan fingerprint density at radius 2 is 2.47 bits per heavy atom. The van der Waals surface area contributed by atoms with Crippen molar-refractivity contribution in [2.45, 2.75) is 19.3 Å². The largest absolute Gasteiger partial charge is 0.461 e. The molecular formula is C12H16N2O2S. The highest BCUT2D eigenvalue weighted by Crippen LogP contribution is 2.62. The topological polar surface area (TPSA) is 55.0 Å². The third-order valence-corrected chi connectivity index (χ3v) is 4.55. The van der Waals surface area contributed by atoms with Crippen molar-refractivity contribution >= 4 is 17.7 Å². The number of carbonyl (C=O) groups is 1. The Morgan fingerprint density at radius 3 is 3.18 bits per heavy atom. The van der Waals surface area contributed by atoms with E-state index in [1.807, 2.05) is 18.7 Å². The normalized spacial score (nSPS) is 28.7. The fourth-order valence-corrected chi connectivity index (χ4v) is 3.88. The summed E-state index contributed by atoms with van der Waals surface area (Å²) in [6.45, 7) is 2.22. The quantitative estimate of drug-likeness (QED) is 0.831. The summed E-state index contributed by atoms with van der Waals surface area (Å²) in [5.41, 5.74) is 2.81. The van der Waals surface area contributed by atoms with Gasteiger partial charge in [-0.05, 0) is 37.2 Å². The zero-order chi connectivity index (χ0) is 12.0. The summed E-state index contributed by atoms with van der Waals surface area (Å²) in [4.78, 5) is 11.7. The summed E-state index contributed by atoms with van der Waals surface area (Å²) in [7, 11) is 0. The van der Waals surface area contributed by atoms with Crippen molar-refractivity contribution in [1.29, 1.82) is 0 Å². The fraction of sp³-hybridized carbons (Fsp3) is 0.667. The first-order valence-electron chi connectivity index (χ1n) is 6.01. The molecule has 0 amide bonds. The van der Waals surface area contributed by atoms with E-state index in [9.17, 15) is 4.79 Å². The molecule has 0 aliphatic heterocycles. The van der Waals surface area contributed by atoms with Gasteiger partial charge in [0.25, 0.3) is 0 Å². The first-order chi connectivity index (χ1) is 8.27. The number of H-pyrrole nitrogens is 1. The van der Waals surface area contributed by atoms with Crippen molar-refractivity contribution in [3.05, 3.63) is 17.0 Å². The molecule has 0 aromatic carbocycles. The second-order valence-electron chi connectivity index (χ2n) is 4.70. The molecule has 1 saturated carbocycles. The van der Waals surface area contributed by atoms with Crippen molar-refractivity contribution < 1.29 is 9.53 Å². The number of rotatable bonds is 4. The van der Waals surface area contributed by atoms with Crippen LogP contribution in [0.25, 0.3) is 0 Å².